The second-order valence-electron chi connectivity index (χ2n) is 2.43. The molecule has 0 unspecified atom stereocenters. The van der Waals surface area contributed by atoms with Crippen LogP contribution >= 0.6 is 0 Å². The van der Waals surface area contributed by atoms with Crippen molar-refractivity contribution in [3.05, 3.63) is 12.4 Å². The van der Waals surface area contributed by atoms with Crippen LogP contribution in [0.15, 0.2) is 12.4 Å². The molecule has 2 N–H and O–H groups in total. The van der Waals surface area contributed by atoms with Gasteiger partial charge in [-0.25, -0.2) is 4.79 Å². The molecule has 1 atom stereocenters. The molecule has 1 rings (SSSR count). The van der Waals surface area contributed by atoms with Gasteiger partial charge in [-0.3, -0.25) is 0 Å². The van der Waals surface area contributed by atoms with E-state index in [0.29, 0.717) is 6.54 Å². The predicted octanol–water partition coefficient (Wildman–Crippen LogP) is -0.0658. The molecule has 0 aliphatic carbocycles. The highest BCUT2D eigenvalue weighted by atomic mass is 16.4. The van der Waals surface area contributed by atoms with Crippen LogP contribution < -0.4 is 5.32 Å². The van der Waals surface area contributed by atoms with Crippen LogP contribution in [0, 0.1) is 0 Å². The van der Waals surface area contributed by atoms with Crippen molar-refractivity contribution in [3.8, 4) is 0 Å². The topological polar surface area (TPSA) is 80.0 Å². The van der Waals surface area contributed by atoms with Gasteiger partial charge in [0.2, 0.25) is 0 Å². The lowest BCUT2D eigenvalue weighted by Gasteiger charge is -2.09. The van der Waals surface area contributed by atoms with E-state index in [1.54, 1.807) is 19.3 Å². The standard InChI is InChI=1S/C6H10N4O2/c1-5(9-6(11)12)4-10-7-2-3-8-10/h2-3,5,9H,4H2,1H3,(H,11,12)/t5-/m0/s1. The van der Waals surface area contributed by atoms with Gasteiger partial charge in [0, 0.05) is 0 Å². The summed E-state index contributed by atoms with van der Waals surface area (Å²) in [7, 11) is 0. The number of nitrogens with zero attached hydrogens (tertiary/aromatic N) is 3. The van der Waals surface area contributed by atoms with Gasteiger partial charge in [0.05, 0.1) is 25.0 Å². The van der Waals surface area contributed by atoms with E-state index < -0.39 is 6.09 Å². The van der Waals surface area contributed by atoms with E-state index in [9.17, 15) is 4.79 Å². The molecular weight excluding hydrogens is 160 g/mol. The van der Waals surface area contributed by atoms with Gasteiger partial charge in [-0.2, -0.15) is 15.0 Å². The summed E-state index contributed by atoms with van der Waals surface area (Å²) in [6.07, 6.45) is 2.07. The number of carboxylic acid groups (broad SMARTS) is 1. The van der Waals surface area contributed by atoms with Crippen LogP contribution in [0.2, 0.25) is 0 Å². The molecule has 0 saturated heterocycles. The Hall–Kier alpha value is -1.59. The molecule has 1 aromatic rings. The van der Waals surface area contributed by atoms with Crippen LogP contribution in [0.3, 0.4) is 0 Å². The SMILES string of the molecule is C[C@@H](Cn1nccn1)NC(=O)O. The van der Waals surface area contributed by atoms with Gasteiger partial charge >= 0.3 is 6.09 Å². The van der Waals surface area contributed by atoms with Crippen LogP contribution in [0.1, 0.15) is 6.92 Å². The maximum absolute atomic E-state index is 10.2. The fraction of sp³-hybridized carbons (Fsp3) is 0.500. The second kappa shape index (κ2) is 3.70. The number of carbonyl (C=O) groups is 1. The smallest absolute Gasteiger partial charge is 0.404 e. The first kappa shape index (κ1) is 8.51. The Bertz CT molecular complexity index is 246. The Balaban J connectivity index is 2.36. The number of hydrogen-bond donors (Lipinski definition) is 2. The summed E-state index contributed by atoms with van der Waals surface area (Å²) in [5.74, 6) is 0. The van der Waals surface area contributed by atoms with Crippen molar-refractivity contribution < 1.29 is 9.90 Å². The average Bonchev–Trinajstić information content (AvgIpc) is 2.37. The molecule has 66 valence electrons. The third kappa shape index (κ3) is 2.57. The molecule has 1 amide bonds. The zero-order valence-corrected chi connectivity index (χ0v) is 6.64. The summed E-state index contributed by atoms with van der Waals surface area (Å²) in [6, 6.07) is -0.185. The molecule has 0 aromatic carbocycles. The molecular formula is C6H10N4O2. The molecule has 0 bridgehead atoms. The van der Waals surface area contributed by atoms with E-state index in [-0.39, 0.29) is 6.04 Å². The van der Waals surface area contributed by atoms with Gasteiger partial charge in [0.15, 0.2) is 0 Å². The van der Waals surface area contributed by atoms with Gasteiger partial charge in [-0.15, -0.1) is 0 Å². The number of aromatic nitrogens is 3. The molecule has 12 heavy (non-hydrogen) atoms. The quantitative estimate of drug-likeness (QED) is 0.665. The highest BCUT2D eigenvalue weighted by Crippen LogP contribution is 1.86. The van der Waals surface area contributed by atoms with Crippen molar-refractivity contribution in [2.45, 2.75) is 19.5 Å². The monoisotopic (exact) mass is 170 g/mol. The van der Waals surface area contributed by atoms with Gasteiger partial charge in [-0.05, 0) is 6.92 Å². The Morgan fingerprint density at radius 1 is 1.67 bits per heavy atom. The van der Waals surface area contributed by atoms with Crippen LogP contribution in [0.5, 0.6) is 0 Å². The van der Waals surface area contributed by atoms with E-state index in [2.05, 4.69) is 15.5 Å². The molecule has 0 radical (unpaired) electrons. The second-order valence-corrected chi connectivity index (χ2v) is 2.43. The minimum Gasteiger partial charge on any atom is -0.465 e. The lowest BCUT2D eigenvalue weighted by molar-refractivity contribution is 0.188. The molecule has 0 aliphatic rings. The number of hydrogen-bond acceptors (Lipinski definition) is 3. The highest BCUT2D eigenvalue weighted by molar-refractivity contribution is 5.64. The van der Waals surface area contributed by atoms with Gasteiger partial charge in [0.1, 0.15) is 0 Å². The van der Waals surface area contributed by atoms with Crippen molar-refractivity contribution in [2.24, 2.45) is 0 Å². The molecule has 6 nitrogen and oxygen atoms in total. The fourth-order valence-corrected chi connectivity index (χ4v) is 0.839. The van der Waals surface area contributed by atoms with Gasteiger partial charge < -0.3 is 10.4 Å². The fourth-order valence-electron chi connectivity index (χ4n) is 0.839. The number of rotatable bonds is 3. The van der Waals surface area contributed by atoms with Crippen molar-refractivity contribution in [3.63, 3.8) is 0 Å². The molecule has 0 fully saturated rings. The summed E-state index contributed by atoms with van der Waals surface area (Å²) in [5.41, 5.74) is 0. The van der Waals surface area contributed by atoms with Gasteiger partial charge in [-0.1, -0.05) is 0 Å². The van der Waals surface area contributed by atoms with Crippen LogP contribution in [-0.2, 0) is 6.54 Å². The summed E-state index contributed by atoms with van der Waals surface area (Å²) in [4.78, 5) is 11.6. The summed E-state index contributed by atoms with van der Waals surface area (Å²) < 4.78 is 0. The molecule has 1 heterocycles. The average molecular weight is 170 g/mol. The molecule has 0 saturated carbocycles. The normalized spacial score (nSPS) is 12.4. The van der Waals surface area contributed by atoms with E-state index in [1.165, 1.54) is 4.80 Å². The van der Waals surface area contributed by atoms with E-state index in [1.807, 2.05) is 0 Å². The highest BCUT2D eigenvalue weighted by Gasteiger charge is 2.05. The Morgan fingerprint density at radius 3 is 2.75 bits per heavy atom. The van der Waals surface area contributed by atoms with Crippen molar-refractivity contribution >= 4 is 6.09 Å². The first-order valence-electron chi connectivity index (χ1n) is 3.52. The van der Waals surface area contributed by atoms with E-state index in [4.69, 9.17) is 5.11 Å². The molecule has 0 aliphatic heterocycles. The number of nitrogens with one attached hydrogen (secondary N) is 1. The third-order valence-electron chi connectivity index (χ3n) is 1.27. The number of amides is 1. The Labute approximate surface area is 69.2 Å². The lowest BCUT2D eigenvalue weighted by Crippen LogP contribution is -2.34. The van der Waals surface area contributed by atoms with Crippen LogP contribution in [0.4, 0.5) is 4.79 Å². The largest absolute Gasteiger partial charge is 0.465 e. The van der Waals surface area contributed by atoms with Crippen molar-refractivity contribution in [1.29, 1.82) is 0 Å². The lowest BCUT2D eigenvalue weighted by atomic mass is 10.3. The zero-order chi connectivity index (χ0) is 8.97. The summed E-state index contributed by atoms with van der Waals surface area (Å²) >= 11 is 0. The predicted molar refractivity (Wildman–Crippen MR) is 40.6 cm³/mol. The Kier molecular flexibility index (Phi) is 2.62. The van der Waals surface area contributed by atoms with E-state index in [0.717, 1.165) is 0 Å². The summed E-state index contributed by atoms with van der Waals surface area (Å²) in [5, 5.41) is 18.3. The molecule has 1 aromatic heterocycles. The summed E-state index contributed by atoms with van der Waals surface area (Å²) in [6.45, 7) is 2.19. The third-order valence-corrected chi connectivity index (χ3v) is 1.27. The minimum absolute atomic E-state index is 0.185. The molecule has 6 heteroatoms. The van der Waals surface area contributed by atoms with E-state index >= 15 is 0 Å². The Morgan fingerprint density at radius 2 is 2.25 bits per heavy atom. The maximum atomic E-state index is 10.2. The molecule has 0 spiro atoms. The first-order valence-corrected chi connectivity index (χ1v) is 3.52. The van der Waals surface area contributed by atoms with Crippen molar-refractivity contribution in [2.75, 3.05) is 0 Å². The minimum atomic E-state index is -1.03. The maximum Gasteiger partial charge on any atom is 0.404 e. The van der Waals surface area contributed by atoms with Crippen molar-refractivity contribution in [1.82, 2.24) is 20.3 Å². The van der Waals surface area contributed by atoms with Crippen LogP contribution in [0.25, 0.3) is 0 Å². The van der Waals surface area contributed by atoms with Gasteiger partial charge in [0.25, 0.3) is 0 Å². The van der Waals surface area contributed by atoms with Crippen LogP contribution in [-0.4, -0.2) is 32.2 Å². The zero-order valence-electron chi connectivity index (χ0n) is 6.64. The first-order chi connectivity index (χ1) is 5.68.